The molecule has 0 spiro atoms. The van der Waals surface area contributed by atoms with E-state index in [0.717, 1.165) is 84.0 Å². The summed E-state index contributed by atoms with van der Waals surface area (Å²) in [5.41, 5.74) is 2.81. The highest BCUT2D eigenvalue weighted by atomic mass is 32.1. The third-order valence-electron chi connectivity index (χ3n) is 5.18. The van der Waals surface area contributed by atoms with Gasteiger partial charge in [-0.05, 0) is 51.4 Å². The summed E-state index contributed by atoms with van der Waals surface area (Å²) in [6.45, 7) is 0.711. The highest BCUT2D eigenvalue weighted by Crippen LogP contribution is 2.48. The molecule has 3 N–H and O–H groups in total. The number of allylic oxidation sites excluding steroid dienone is 1. The number of fused-ring (bicyclic) bond motifs is 1. The molecule has 2 aromatic heterocycles. The van der Waals surface area contributed by atoms with Gasteiger partial charge in [0.05, 0.1) is 12.2 Å². The second kappa shape index (κ2) is 8.86. The molecule has 3 heterocycles. The fourth-order valence-corrected chi connectivity index (χ4v) is 4.70. The van der Waals surface area contributed by atoms with Crippen LogP contribution in [0.25, 0.3) is 11.5 Å². The van der Waals surface area contributed by atoms with Gasteiger partial charge in [0.15, 0.2) is 10.9 Å². The molecule has 30 heavy (non-hydrogen) atoms. The molecule has 0 aromatic carbocycles. The van der Waals surface area contributed by atoms with Gasteiger partial charge in [-0.3, -0.25) is 4.79 Å². The van der Waals surface area contributed by atoms with E-state index in [1.54, 1.807) is 0 Å². The minimum absolute atomic E-state index is 0.0218. The molecule has 5 rings (SSSR count). The van der Waals surface area contributed by atoms with Crippen molar-refractivity contribution in [2.45, 2.75) is 57.3 Å². The number of carbonyl (C=O) groups is 2. The molecule has 10 heteroatoms. The summed E-state index contributed by atoms with van der Waals surface area (Å²) in [6.07, 6.45) is 8.40. The summed E-state index contributed by atoms with van der Waals surface area (Å²) in [7, 11) is 0. The summed E-state index contributed by atoms with van der Waals surface area (Å²) >= 11 is 1.47. The Hall–Kier alpha value is -2.88. The molecule has 3 aliphatic rings. The highest BCUT2D eigenvalue weighted by Gasteiger charge is 2.32. The Kier molecular flexibility index (Phi) is 6.03. The molecule has 0 bridgehead atoms. The van der Waals surface area contributed by atoms with E-state index in [4.69, 9.17) is 24.3 Å². The fraction of sp³-hybridized carbons (Fsp3) is 0.500. The molecule has 0 saturated heterocycles. The Morgan fingerprint density at radius 3 is 2.67 bits per heavy atom. The lowest BCUT2D eigenvalue weighted by Gasteiger charge is -2.13. The van der Waals surface area contributed by atoms with Gasteiger partial charge in [-0.25, -0.2) is 4.79 Å². The van der Waals surface area contributed by atoms with Gasteiger partial charge < -0.3 is 24.8 Å². The van der Waals surface area contributed by atoms with Crippen molar-refractivity contribution in [3.8, 4) is 16.5 Å². The van der Waals surface area contributed by atoms with Crippen molar-refractivity contribution < 1.29 is 29.1 Å². The first kappa shape index (κ1) is 20.4. The molecular formula is C20H23N3O6S. The highest BCUT2D eigenvalue weighted by molar-refractivity contribution is 7.19. The maximum atomic E-state index is 12.7. The first-order chi connectivity index (χ1) is 14.5. The van der Waals surface area contributed by atoms with Crippen LogP contribution >= 0.6 is 11.3 Å². The number of hydrogen-bond acceptors (Lipinski definition) is 7. The largest absolute Gasteiger partial charge is 0.503 e. The lowest BCUT2D eigenvalue weighted by molar-refractivity contribution is -0.113. The molecule has 1 amide bonds. The van der Waals surface area contributed by atoms with Gasteiger partial charge in [-0.1, -0.05) is 22.6 Å². The minimum Gasteiger partial charge on any atom is -0.484 e. The number of ether oxygens (including phenoxy) is 1. The van der Waals surface area contributed by atoms with Gasteiger partial charge in [-0.2, -0.15) is 4.98 Å². The summed E-state index contributed by atoms with van der Waals surface area (Å²) in [5, 5.41) is 22.8. The molecule has 1 saturated carbocycles. The standard InChI is InChI=1S/C19H21N3O3S.CH2O3/c23-16(12-5-2-1-3-6-12)21-18-14(13-7-4-10-24-19(13)26-18)17-20-15(22-25-17)11-8-9-11;2-1(3)4/h5,11H,1-4,6-10H2,(H,21,23);(H2,2,3,4). The maximum absolute atomic E-state index is 12.7. The van der Waals surface area contributed by atoms with Crippen molar-refractivity contribution in [2.24, 2.45) is 0 Å². The van der Waals surface area contributed by atoms with E-state index >= 15 is 0 Å². The number of amides is 1. The van der Waals surface area contributed by atoms with Crippen LogP contribution in [-0.2, 0) is 11.2 Å². The lowest BCUT2D eigenvalue weighted by atomic mass is 9.99. The normalized spacial score (nSPS) is 17.7. The van der Waals surface area contributed by atoms with Crippen molar-refractivity contribution in [1.29, 1.82) is 0 Å². The predicted molar refractivity (Wildman–Crippen MR) is 109 cm³/mol. The molecule has 1 aliphatic heterocycles. The van der Waals surface area contributed by atoms with Crippen molar-refractivity contribution in [3.05, 3.63) is 23.0 Å². The number of thiophene rings is 1. The van der Waals surface area contributed by atoms with Gasteiger partial charge in [0.2, 0.25) is 0 Å². The average molecular weight is 433 g/mol. The van der Waals surface area contributed by atoms with Crippen LogP contribution < -0.4 is 10.1 Å². The van der Waals surface area contributed by atoms with Crippen LogP contribution in [0.15, 0.2) is 16.2 Å². The van der Waals surface area contributed by atoms with Crippen molar-refractivity contribution in [2.75, 3.05) is 11.9 Å². The van der Waals surface area contributed by atoms with E-state index in [9.17, 15) is 4.79 Å². The van der Waals surface area contributed by atoms with Crippen LogP contribution in [0.2, 0.25) is 0 Å². The number of aromatic nitrogens is 2. The number of nitrogens with zero attached hydrogens (tertiary/aromatic N) is 2. The zero-order valence-corrected chi connectivity index (χ0v) is 17.2. The van der Waals surface area contributed by atoms with Crippen LogP contribution in [0.4, 0.5) is 9.80 Å². The van der Waals surface area contributed by atoms with Crippen molar-refractivity contribution >= 4 is 28.4 Å². The van der Waals surface area contributed by atoms with E-state index in [2.05, 4.69) is 21.5 Å². The second-order valence-corrected chi connectivity index (χ2v) is 8.45. The first-order valence-corrected chi connectivity index (χ1v) is 10.9. The number of carboxylic acid groups (broad SMARTS) is 2. The molecule has 0 radical (unpaired) electrons. The van der Waals surface area contributed by atoms with Crippen LogP contribution in [0.1, 0.15) is 62.3 Å². The predicted octanol–water partition coefficient (Wildman–Crippen LogP) is 4.66. The molecule has 160 valence electrons. The molecule has 0 unspecified atom stereocenters. The van der Waals surface area contributed by atoms with E-state index in [0.29, 0.717) is 18.4 Å². The number of carbonyl (C=O) groups excluding carboxylic acids is 1. The smallest absolute Gasteiger partial charge is 0.484 e. The van der Waals surface area contributed by atoms with Crippen LogP contribution in [0.3, 0.4) is 0 Å². The Morgan fingerprint density at radius 1 is 1.17 bits per heavy atom. The monoisotopic (exact) mass is 433 g/mol. The van der Waals surface area contributed by atoms with Crippen molar-refractivity contribution in [3.63, 3.8) is 0 Å². The van der Waals surface area contributed by atoms with Crippen LogP contribution in [-0.4, -0.2) is 39.0 Å². The SMILES string of the molecule is O=C(Nc1sc2c(c1-c1nc(C3CC3)no1)CCCO2)C1=CCCCC1.O=C(O)O. The number of anilines is 1. The Bertz CT molecular complexity index is 971. The molecule has 2 aromatic rings. The molecule has 2 aliphatic carbocycles. The topological polar surface area (TPSA) is 135 Å². The fourth-order valence-electron chi connectivity index (χ4n) is 3.59. The third-order valence-corrected chi connectivity index (χ3v) is 6.24. The zero-order valence-electron chi connectivity index (χ0n) is 16.3. The van der Waals surface area contributed by atoms with E-state index in [1.165, 1.54) is 11.3 Å². The van der Waals surface area contributed by atoms with Gasteiger partial charge in [0.25, 0.3) is 11.8 Å². The van der Waals surface area contributed by atoms with Crippen LogP contribution in [0.5, 0.6) is 5.06 Å². The second-order valence-electron chi connectivity index (χ2n) is 7.47. The van der Waals surface area contributed by atoms with E-state index in [1.807, 2.05) is 0 Å². The van der Waals surface area contributed by atoms with Gasteiger partial charge in [0, 0.05) is 17.1 Å². The Labute approximate surface area is 176 Å². The number of hydrogen-bond donors (Lipinski definition) is 3. The van der Waals surface area contributed by atoms with Crippen LogP contribution in [0, 0.1) is 0 Å². The third kappa shape index (κ3) is 4.64. The van der Waals surface area contributed by atoms with Gasteiger partial charge >= 0.3 is 6.16 Å². The lowest BCUT2D eigenvalue weighted by Crippen LogP contribution is -2.15. The number of nitrogens with one attached hydrogen (secondary N) is 1. The van der Waals surface area contributed by atoms with E-state index < -0.39 is 6.16 Å². The summed E-state index contributed by atoms with van der Waals surface area (Å²) in [6, 6.07) is 0. The summed E-state index contributed by atoms with van der Waals surface area (Å²) < 4.78 is 11.4. The minimum atomic E-state index is -1.83. The molecule has 0 atom stereocenters. The quantitative estimate of drug-likeness (QED) is 0.633. The van der Waals surface area contributed by atoms with Crippen molar-refractivity contribution in [1.82, 2.24) is 10.1 Å². The van der Waals surface area contributed by atoms with E-state index in [-0.39, 0.29) is 5.91 Å². The zero-order chi connectivity index (χ0) is 21.1. The Balaban J connectivity index is 0.000000503. The number of rotatable bonds is 4. The summed E-state index contributed by atoms with van der Waals surface area (Å²) in [5.74, 6) is 1.70. The maximum Gasteiger partial charge on any atom is 0.503 e. The van der Waals surface area contributed by atoms with Gasteiger partial charge in [-0.15, -0.1) is 0 Å². The summed E-state index contributed by atoms with van der Waals surface area (Å²) in [4.78, 5) is 25.9. The molecule has 9 nitrogen and oxygen atoms in total. The molecular weight excluding hydrogens is 410 g/mol. The van der Waals surface area contributed by atoms with Gasteiger partial charge in [0.1, 0.15) is 5.00 Å². The first-order valence-electron chi connectivity index (χ1n) is 10.1. The Morgan fingerprint density at radius 2 is 1.97 bits per heavy atom. The average Bonchev–Trinajstić information content (AvgIpc) is 3.36. The molecule has 1 fully saturated rings.